The third kappa shape index (κ3) is 4.74. The number of rotatable bonds is 6. The maximum Gasteiger partial charge on any atom is 0.308 e. The number of ether oxygens (including phenoxy) is 1. The van der Waals surface area contributed by atoms with E-state index in [4.69, 9.17) is 21.6 Å². The van der Waals surface area contributed by atoms with Crippen molar-refractivity contribution in [3.8, 4) is 6.07 Å². The van der Waals surface area contributed by atoms with E-state index in [9.17, 15) is 19.2 Å². The van der Waals surface area contributed by atoms with Crippen LogP contribution in [0.25, 0.3) is 0 Å². The molecule has 3 rings (SSSR count). The molecule has 1 saturated carbocycles. The third-order valence-electron chi connectivity index (χ3n) is 5.21. The molecule has 1 aliphatic heterocycles. The molecule has 1 saturated heterocycles. The summed E-state index contributed by atoms with van der Waals surface area (Å²) in [7, 11) is 0. The van der Waals surface area contributed by atoms with Crippen LogP contribution in [-0.4, -0.2) is 41.7 Å². The lowest BCUT2D eigenvalue weighted by molar-refractivity contribution is -0.148. The molecule has 29 heavy (non-hydrogen) atoms. The Hall–Kier alpha value is -2.92. The zero-order chi connectivity index (χ0) is 21.0. The van der Waals surface area contributed by atoms with Crippen LogP contribution in [0, 0.1) is 23.2 Å². The second-order valence-corrected chi connectivity index (χ2v) is 7.52. The Bertz CT molecular complexity index is 871. The average Bonchev–Trinajstić information content (AvgIpc) is 2.95. The van der Waals surface area contributed by atoms with Gasteiger partial charge in [-0.05, 0) is 31.0 Å². The van der Waals surface area contributed by atoms with Crippen LogP contribution in [-0.2, 0) is 23.9 Å². The molecular formula is C20H20ClN3O5. The molecule has 1 heterocycles. The lowest BCUT2D eigenvalue weighted by Gasteiger charge is -2.19. The van der Waals surface area contributed by atoms with Gasteiger partial charge in [0.15, 0.2) is 6.61 Å². The fourth-order valence-corrected chi connectivity index (χ4v) is 3.95. The number of esters is 1. The predicted molar refractivity (Wildman–Crippen MR) is 103 cm³/mol. The Morgan fingerprint density at radius 2 is 1.86 bits per heavy atom. The van der Waals surface area contributed by atoms with Gasteiger partial charge in [0.05, 0.1) is 29.5 Å². The third-order valence-corrected chi connectivity index (χ3v) is 5.45. The van der Waals surface area contributed by atoms with Crippen LogP contribution in [0.15, 0.2) is 18.2 Å². The highest BCUT2D eigenvalue weighted by atomic mass is 35.5. The number of carbonyl (C=O) groups is 4. The van der Waals surface area contributed by atoms with E-state index in [0.717, 1.165) is 17.7 Å². The Morgan fingerprint density at radius 1 is 1.21 bits per heavy atom. The molecule has 9 heteroatoms. The maximum absolute atomic E-state index is 12.4. The quantitative estimate of drug-likeness (QED) is 0.560. The first-order chi connectivity index (χ1) is 13.9. The highest BCUT2D eigenvalue weighted by Gasteiger charge is 2.47. The van der Waals surface area contributed by atoms with Crippen molar-refractivity contribution >= 4 is 41.0 Å². The van der Waals surface area contributed by atoms with Gasteiger partial charge in [0.1, 0.15) is 6.07 Å². The molecule has 2 aliphatic rings. The Labute approximate surface area is 172 Å². The number of amides is 3. The Kier molecular flexibility index (Phi) is 6.49. The number of likely N-dealkylation sites (tertiary alicyclic amines) is 1. The van der Waals surface area contributed by atoms with E-state index in [2.05, 4.69) is 5.32 Å². The molecule has 0 radical (unpaired) electrons. The summed E-state index contributed by atoms with van der Waals surface area (Å²) in [6, 6.07) is 6.33. The number of carbonyl (C=O) groups excluding carboxylic acids is 4. The predicted octanol–water partition coefficient (Wildman–Crippen LogP) is 2.26. The molecule has 3 amide bonds. The topological polar surface area (TPSA) is 117 Å². The molecule has 0 spiro atoms. The van der Waals surface area contributed by atoms with E-state index in [1.54, 1.807) is 0 Å². The fraction of sp³-hybridized carbons (Fsp3) is 0.450. The number of imide groups is 1. The van der Waals surface area contributed by atoms with Crippen molar-refractivity contribution in [3.63, 3.8) is 0 Å². The maximum atomic E-state index is 12.4. The molecule has 0 bridgehead atoms. The molecule has 0 aromatic heterocycles. The Morgan fingerprint density at radius 3 is 2.48 bits per heavy atom. The minimum absolute atomic E-state index is 0.0437. The van der Waals surface area contributed by atoms with E-state index >= 15 is 0 Å². The fourth-order valence-electron chi connectivity index (χ4n) is 3.78. The van der Waals surface area contributed by atoms with Crippen LogP contribution < -0.4 is 5.32 Å². The van der Waals surface area contributed by atoms with Crippen molar-refractivity contribution in [2.45, 2.75) is 32.1 Å². The van der Waals surface area contributed by atoms with Crippen molar-refractivity contribution in [2.75, 3.05) is 18.5 Å². The van der Waals surface area contributed by atoms with Crippen molar-refractivity contribution in [1.82, 2.24) is 4.90 Å². The molecule has 1 aromatic carbocycles. The molecule has 1 aliphatic carbocycles. The highest BCUT2D eigenvalue weighted by Crippen LogP contribution is 2.37. The number of nitrogens with one attached hydrogen (secondary N) is 1. The number of nitrogens with zero attached hydrogens (tertiary/aromatic N) is 2. The van der Waals surface area contributed by atoms with Crippen LogP contribution in [0.3, 0.4) is 0 Å². The molecule has 1 aromatic rings. The molecule has 0 unspecified atom stereocenters. The van der Waals surface area contributed by atoms with Gasteiger partial charge in [-0.2, -0.15) is 5.26 Å². The lowest BCUT2D eigenvalue weighted by Crippen LogP contribution is -2.33. The summed E-state index contributed by atoms with van der Waals surface area (Å²) in [4.78, 5) is 49.8. The standard InChI is InChI=1S/C20H20ClN3O5/c21-13-6-5-12(10-22)16(9-13)23-17(25)11-29-18(26)7-8-24-19(27)14-3-1-2-4-15(14)20(24)28/h5-6,9,14-15H,1-4,7-8,11H2,(H,23,25)/t14-,15-/m1/s1. The minimum atomic E-state index is -0.692. The van der Waals surface area contributed by atoms with E-state index < -0.39 is 18.5 Å². The lowest BCUT2D eigenvalue weighted by atomic mass is 9.81. The van der Waals surface area contributed by atoms with E-state index in [0.29, 0.717) is 17.9 Å². The second kappa shape index (κ2) is 9.05. The van der Waals surface area contributed by atoms with E-state index in [-0.39, 0.29) is 47.9 Å². The number of halogens is 1. The van der Waals surface area contributed by atoms with Gasteiger partial charge in [-0.3, -0.25) is 24.1 Å². The summed E-state index contributed by atoms with van der Waals surface area (Å²) >= 11 is 5.85. The summed E-state index contributed by atoms with van der Waals surface area (Å²) < 4.78 is 4.91. The molecule has 2 atom stereocenters. The first kappa shape index (κ1) is 20.8. The summed E-state index contributed by atoms with van der Waals surface area (Å²) in [5.41, 5.74) is 0.443. The van der Waals surface area contributed by atoms with Gasteiger partial charge < -0.3 is 10.1 Å². The van der Waals surface area contributed by atoms with Gasteiger partial charge >= 0.3 is 5.97 Å². The van der Waals surface area contributed by atoms with E-state index in [1.165, 1.54) is 18.2 Å². The zero-order valence-electron chi connectivity index (χ0n) is 15.7. The van der Waals surface area contributed by atoms with Crippen molar-refractivity contribution in [3.05, 3.63) is 28.8 Å². The first-order valence-corrected chi connectivity index (χ1v) is 9.79. The summed E-state index contributed by atoms with van der Waals surface area (Å²) in [5.74, 6) is -2.26. The first-order valence-electron chi connectivity index (χ1n) is 9.41. The van der Waals surface area contributed by atoms with Crippen LogP contribution in [0.1, 0.15) is 37.7 Å². The average molecular weight is 418 g/mol. The van der Waals surface area contributed by atoms with Crippen molar-refractivity contribution in [2.24, 2.45) is 11.8 Å². The monoisotopic (exact) mass is 417 g/mol. The number of anilines is 1. The van der Waals surface area contributed by atoms with Gasteiger partial charge in [-0.15, -0.1) is 0 Å². The smallest absolute Gasteiger partial charge is 0.308 e. The van der Waals surface area contributed by atoms with Crippen LogP contribution >= 0.6 is 11.6 Å². The van der Waals surface area contributed by atoms with Crippen LogP contribution in [0.2, 0.25) is 5.02 Å². The number of hydrogen-bond acceptors (Lipinski definition) is 6. The van der Waals surface area contributed by atoms with E-state index in [1.807, 2.05) is 6.07 Å². The highest BCUT2D eigenvalue weighted by molar-refractivity contribution is 6.31. The molecule has 8 nitrogen and oxygen atoms in total. The SMILES string of the molecule is N#Cc1ccc(Cl)cc1NC(=O)COC(=O)CCN1C(=O)[C@@H]2CCCC[C@H]2C1=O. The largest absolute Gasteiger partial charge is 0.456 e. The normalized spacial score (nSPS) is 20.8. The van der Waals surface area contributed by atoms with Crippen molar-refractivity contribution < 1.29 is 23.9 Å². The minimum Gasteiger partial charge on any atom is -0.456 e. The number of nitriles is 1. The number of benzene rings is 1. The zero-order valence-corrected chi connectivity index (χ0v) is 16.4. The van der Waals surface area contributed by atoms with Crippen molar-refractivity contribution in [1.29, 1.82) is 5.26 Å². The summed E-state index contributed by atoms with van der Waals surface area (Å²) in [6.07, 6.45) is 3.12. The second-order valence-electron chi connectivity index (χ2n) is 7.09. The summed E-state index contributed by atoms with van der Waals surface area (Å²) in [6.45, 7) is -0.596. The number of hydrogen-bond donors (Lipinski definition) is 1. The molecular weight excluding hydrogens is 398 g/mol. The molecule has 1 N–H and O–H groups in total. The van der Waals surface area contributed by atoms with Gasteiger partial charge in [0.25, 0.3) is 5.91 Å². The van der Waals surface area contributed by atoms with Gasteiger partial charge in [0.2, 0.25) is 11.8 Å². The van der Waals surface area contributed by atoms with Crippen LogP contribution in [0.4, 0.5) is 5.69 Å². The molecule has 2 fully saturated rings. The molecule has 152 valence electrons. The van der Waals surface area contributed by atoms with Gasteiger partial charge in [-0.1, -0.05) is 24.4 Å². The van der Waals surface area contributed by atoms with Gasteiger partial charge in [-0.25, -0.2) is 0 Å². The number of fused-ring (bicyclic) bond motifs is 1. The Balaban J connectivity index is 1.46. The summed E-state index contributed by atoms with van der Waals surface area (Å²) in [5, 5.41) is 11.8. The van der Waals surface area contributed by atoms with Crippen LogP contribution in [0.5, 0.6) is 0 Å². The van der Waals surface area contributed by atoms with Gasteiger partial charge in [0, 0.05) is 11.6 Å².